The molecule has 0 aliphatic heterocycles. The van der Waals surface area contributed by atoms with E-state index in [4.69, 9.17) is 0 Å². The number of aromatic amines is 1. The molecule has 0 unspecified atom stereocenters. The predicted molar refractivity (Wildman–Crippen MR) is 84.0 cm³/mol. The summed E-state index contributed by atoms with van der Waals surface area (Å²) < 4.78 is 0. The molecule has 0 aliphatic rings. The van der Waals surface area contributed by atoms with Crippen molar-refractivity contribution in [2.45, 2.75) is 33.7 Å². The maximum atomic E-state index is 12.5. The number of aromatic nitrogens is 2. The first kappa shape index (κ1) is 15.3. The number of amides is 1. The van der Waals surface area contributed by atoms with Gasteiger partial charge >= 0.3 is 0 Å². The van der Waals surface area contributed by atoms with Crippen molar-refractivity contribution < 1.29 is 4.79 Å². The van der Waals surface area contributed by atoms with Crippen molar-refractivity contribution in [3.05, 3.63) is 53.3 Å². The van der Waals surface area contributed by atoms with E-state index >= 15 is 0 Å². The van der Waals surface area contributed by atoms with Crippen molar-refractivity contribution in [3.8, 4) is 0 Å². The molecule has 2 rings (SSSR count). The highest BCUT2D eigenvalue weighted by molar-refractivity contribution is 5.92. The van der Waals surface area contributed by atoms with Crippen LogP contribution in [0.1, 0.15) is 42.5 Å². The van der Waals surface area contributed by atoms with E-state index in [-0.39, 0.29) is 5.91 Å². The number of carbonyl (C=O) groups is 1. The molecule has 21 heavy (non-hydrogen) atoms. The molecular weight excluding hydrogens is 262 g/mol. The van der Waals surface area contributed by atoms with Gasteiger partial charge in [-0.1, -0.05) is 44.2 Å². The molecule has 0 aliphatic carbocycles. The predicted octanol–water partition coefficient (Wildman–Crippen LogP) is 3.27. The van der Waals surface area contributed by atoms with Crippen LogP contribution in [0.5, 0.6) is 0 Å². The lowest BCUT2D eigenvalue weighted by Gasteiger charge is -2.19. The van der Waals surface area contributed by atoms with Crippen LogP contribution in [0.4, 0.5) is 0 Å². The van der Waals surface area contributed by atoms with E-state index in [1.54, 1.807) is 0 Å². The number of H-pyrrole nitrogens is 1. The van der Waals surface area contributed by atoms with Crippen molar-refractivity contribution >= 4 is 5.91 Å². The van der Waals surface area contributed by atoms with Gasteiger partial charge in [-0.2, -0.15) is 5.10 Å². The Morgan fingerprint density at radius 1 is 1.29 bits per heavy atom. The third-order valence-electron chi connectivity index (χ3n) is 3.36. The first-order chi connectivity index (χ1) is 10.1. The summed E-state index contributed by atoms with van der Waals surface area (Å²) in [6.45, 7) is 7.57. The van der Waals surface area contributed by atoms with E-state index in [0.29, 0.717) is 24.7 Å². The number of hydrogen-bond donors (Lipinski definition) is 1. The van der Waals surface area contributed by atoms with Crippen LogP contribution < -0.4 is 0 Å². The minimum atomic E-state index is -0.0207. The second kappa shape index (κ2) is 7.07. The summed E-state index contributed by atoms with van der Waals surface area (Å²) in [5.41, 5.74) is 2.65. The molecule has 4 heteroatoms. The van der Waals surface area contributed by atoms with Crippen LogP contribution in [0.25, 0.3) is 0 Å². The zero-order chi connectivity index (χ0) is 15.2. The zero-order valence-corrected chi connectivity index (χ0v) is 13.0. The molecule has 0 saturated carbocycles. The normalized spacial score (nSPS) is 10.9. The topological polar surface area (TPSA) is 49.0 Å². The lowest BCUT2D eigenvalue weighted by molar-refractivity contribution is 0.0746. The maximum absolute atomic E-state index is 12.5. The van der Waals surface area contributed by atoms with Crippen molar-refractivity contribution in [2.24, 2.45) is 5.92 Å². The molecule has 0 fully saturated rings. The van der Waals surface area contributed by atoms with E-state index in [1.807, 2.05) is 48.2 Å². The van der Waals surface area contributed by atoms with E-state index in [2.05, 4.69) is 24.0 Å². The highest BCUT2D eigenvalue weighted by Gasteiger charge is 2.17. The Kier molecular flexibility index (Phi) is 5.14. The lowest BCUT2D eigenvalue weighted by atomic mass is 10.1. The van der Waals surface area contributed by atoms with Gasteiger partial charge in [-0.05, 0) is 30.9 Å². The number of nitrogens with one attached hydrogen (secondary N) is 1. The first-order valence-electron chi connectivity index (χ1n) is 7.47. The van der Waals surface area contributed by atoms with Crippen LogP contribution in [0.2, 0.25) is 0 Å². The van der Waals surface area contributed by atoms with Gasteiger partial charge in [0.2, 0.25) is 0 Å². The van der Waals surface area contributed by atoms with E-state index in [1.165, 1.54) is 0 Å². The minimum Gasteiger partial charge on any atom is -0.333 e. The van der Waals surface area contributed by atoms with Gasteiger partial charge in [0, 0.05) is 18.8 Å². The quantitative estimate of drug-likeness (QED) is 0.885. The highest BCUT2D eigenvalue weighted by Crippen LogP contribution is 2.11. The molecule has 112 valence electrons. The average Bonchev–Trinajstić information content (AvgIpc) is 2.92. The summed E-state index contributed by atoms with van der Waals surface area (Å²) in [7, 11) is 0. The third kappa shape index (κ3) is 4.18. The van der Waals surface area contributed by atoms with Crippen LogP contribution in [-0.4, -0.2) is 27.5 Å². The monoisotopic (exact) mass is 285 g/mol. The van der Waals surface area contributed by atoms with Gasteiger partial charge in [0.1, 0.15) is 5.69 Å². The van der Waals surface area contributed by atoms with Crippen molar-refractivity contribution in [1.82, 2.24) is 15.1 Å². The Balaban J connectivity index is 2.07. The molecule has 0 saturated heterocycles. The molecule has 1 heterocycles. The van der Waals surface area contributed by atoms with Gasteiger partial charge in [-0.25, -0.2) is 0 Å². The van der Waals surface area contributed by atoms with E-state index < -0.39 is 0 Å². The molecule has 2 aromatic rings. The summed E-state index contributed by atoms with van der Waals surface area (Å²) in [5.74, 6) is 0.521. The van der Waals surface area contributed by atoms with Crippen LogP contribution in [0, 0.1) is 5.92 Å². The fourth-order valence-corrected chi connectivity index (χ4v) is 2.31. The Morgan fingerprint density at radius 3 is 2.62 bits per heavy atom. The number of carbonyl (C=O) groups excluding carboxylic acids is 1. The molecule has 0 atom stereocenters. The SMILES string of the molecule is CCN(Cc1ccccc1)C(=O)c1cc(CC(C)C)[nH]n1. The molecule has 0 radical (unpaired) electrons. The Bertz CT molecular complexity index is 575. The van der Waals surface area contributed by atoms with Crippen molar-refractivity contribution in [2.75, 3.05) is 6.54 Å². The lowest BCUT2D eigenvalue weighted by Crippen LogP contribution is -2.30. The summed E-state index contributed by atoms with van der Waals surface area (Å²) in [6.07, 6.45) is 0.908. The minimum absolute atomic E-state index is 0.0207. The molecule has 1 aromatic carbocycles. The van der Waals surface area contributed by atoms with Gasteiger partial charge in [0.25, 0.3) is 5.91 Å². The number of nitrogens with zero attached hydrogens (tertiary/aromatic N) is 2. The van der Waals surface area contributed by atoms with Gasteiger partial charge < -0.3 is 4.90 Å². The third-order valence-corrected chi connectivity index (χ3v) is 3.36. The summed E-state index contributed by atoms with van der Waals surface area (Å²) in [6, 6.07) is 11.9. The Labute approximate surface area is 126 Å². The van der Waals surface area contributed by atoms with Gasteiger partial charge in [-0.3, -0.25) is 9.89 Å². The number of hydrogen-bond acceptors (Lipinski definition) is 2. The smallest absolute Gasteiger partial charge is 0.274 e. The number of benzene rings is 1. The number of rotatable bonds is 6. The highest BCUT2D eigenvalue weighted by atomic mass is 16.2. The maximum Gasteiger partial charge on any atom is 0.274 e. The fourth-order valence-electron chi connectivity index (χ4n) is 2.31. The standard InChI is InChI=1S/C17H23N3O/c1-4-20(12-14-8-6-5-7-9-14)17(21)16-11-15(18-19-16)10-13(2)3/h5-9,11,13H,4,10,12H2,1-3H3,(H,18,19). The summed E-state index contributed by atoms with van der Waals surface area (Å²) >= 11 is 0. The average molecular weight is 285 g/mol. The summed E-state index contributed by atoms with van der Waals surface area (Å²) in [5, 5.41) is 7.13. The van der Waals surface area contributed by atoms with Crippen LogP contribution in [0.3, 0.4) is 0 Å². The van der Waals surface area contributed by atoms with E-state index in [0.717, 1.165) is 17.7 Å². The molecular formula is C17H23N3O. The zero-order valence-electron chi connectivity index (χ0n) is 13.0. The fraction of sp³-hybridized carbons (Fsp3) is 0.412. The van der Waals surface area contributed by atoms with Crippen molar-refractivity contribution in [3.63, 3.8) is 0 Å². The second-order valence-corrected chi connectivity index (χ2v) is 5.68. The van der Waals surface area contributed by atoms with Crippen molar-refractivity contribution in [1.29, 1.82) is 0 Å². The molecule has 0 spiro atoms. The largest absolute Gasteiger partial charge is 0.333 e. The molecule has 4 nitrogen and oxygen atoms in total. The van der Waals surface area contributed by atoms with Crippen LogP contribution in [0.15, 0.2) is 36.4 Å². The molecule has 1 amide bonds. The van der Waals surface area contributed by atoms with Gasteiger partial charge in [0.15, 0.2) is 0 Å². The second-order valence-electron chi connectivity index (χ2n) is 5.68. The van der Waals surface area contributed by atoms with E-state index in [9.17, 15) is 4.79 Å². The molecule has 0 bridgehead atoms. The van der Waals surface area contributed by atoms with Gasteiger partial charge in [0.05, 0.1) is 0 Å². The first-order valence-corrected chi connectivity index (χ1v) is 7.47. The summed E-state index contributed by atoms with van der Waals surface area (Å²) in [4.78, 5) is 14.3. The van der Waals surface area contributed by atoms with Crippen LogP contribution >= 0.6 is 0 Å². The molecule has 1 N–H and O–H groups in total. The Morgan fingerprint density at radius 2 is 2.00 bits per heavy atom. The molecule has 1 aromatic heterocycles. The Hall–Kier alpha value is -2.10. The van der Waals surface area contributed by atoms with Crippen LogP contribution in [-0.2, 0) is 13.0 Å². The van der Waals surface area contributed by atoms with Gasteiger partial charge in [-0.15, -0.1) is 0 Å².